The number of nitrogens with zero attached hydrogens (tertiary/aromatic N) is 1. The molecule has 0 fully saturated rings. The minimum Gasteiger partial charge on any atom is -0.372 e. The van der Waals surface area contributed by atoms with E-state index >= 15 is 0 Å². The van der Waals surface area contributed by atoms with Crippen LogP contribution < -0.4 is 4.90 Å². The van der Waals surface area contributed by atoms with Crippen molar-refractivity contribution in [3.05, 3.63) is 29.8 Å². The summed E-state index contributed by atoms with van der Waals surface area (Å²) < 4.78 is 0. The highest BCUT2D eigenvalue weighted by atomic mass is 15.1. The number of hydrogen-bond donors (Lipinski definition) is 0. The monoisotopic (exact) mass is 205 g/mol. The maximum atomic E-state index is 2.44. The number of benzene rings is 1. The molecule has 0 saturated carbocycles. The van der Waals surface area contributed by atoms with Crippen molar-refractivity contribution in [2.75, 3.05) is 18.0 Å². The van der Waals surface area contributed by atoms with E-state index in [-0.39, 0.29) is 0 Å². The van der Waals surface area contributed by atoms with E-state index in [1.54, 1.807) is 0 Å². The highest BCUT2D eigenvalue weighted by molar-refractivity contribution is 5.49. The van der Waals surface area contributed by atoms with Crippen molar-refractivity contribution in [2.45, 2.75) is 40.0 Å². The van der Waals surface area contributed by atoms with Gasteiger partial charge in [-0.1, -0.05) is 32.9 Å². The van der Waals surface area contributed by atoms with Crippen LogP contribution in [0.2, 0.25) is 0 Å². The van der Waals surface area contributed by atoms with Gasteiger partial charge in [-0.25, -0.2) is 0 Å². The molecule has 0 N–H and O–H groups in total. The van der Waals surface area contributed by atoms with Crippen LogP contribution in [-0.2, 0) is 0 Å². The maximum absolute atomic E-state index is 2.44. The Balaban J connectivity index is 2.87. The van der Waals surface area contributed by atoms with Gasteiger partial charge in [-0.2, -0.15) is 0 Å². The number of hydrogen-bond acceptors (Lipinski definition) is 1. The summed E-state index contributed by atoms with van der Waals surface area (Å²) in [5.41, 5.74) is 2.80. The van der Waals surface area contributed by atoms with Gasteiger partial charge in [0, 0.05) is 18.8 Å². The molecule has 0 unspecified atom stereocenters. The van der Waals surface area contributed by atoms with Crippen LogP contribution in [0.4, 0.5) is 5.69 Å². The zero-order chi connectivity index (χ0) is 11.3. The van der Waals surface area contributed by atoms with Gasteiger partial charge in [0.15, 0.2) is 0 Å². The Kier molecular flexibility index (Phi) is 4.67. The lowest BCUT2D eigenvalue weighted by Gasteiger charge is -2.23. The Morgan fingerprint density at radius 2 is 1.93 bits per heavy atom. The van der Waals surface area contributed by atoms with Crippen LogP contribution in [0.5, 0.6) is 0 Å². The van der Waals surface area contributed by atoms with Crippen molar-refractivity contribution in [2.24, 2.45) is 0 Å². The average Bonchev–Trinajstić information content (AvgIpc) is 2.26. The maximum Gasteiger partial charge on any atom is 0.0368 e. The van der Waals surface area contributed by atoms with E-state index in [9.17, 15) is 0 Å². The standard InChI is InChI=1S/C14H23N/c1-5-10-15(6-2)14-9-7-8-13(11-14)12(3)4/h7-9,11-12H,5-6,10H2,1-4H3. The van der Waals surface area contributed by atoms with Crippen LogP contribution >= 0.6 is 0 Å². The van der Waals surface area contributed by atoms with Crippen molar-refractivity contribution < 1.29 is 0 Å². The van der Waals surface area contributed by atoms with Gasteiger partial charge in [0.05, 0.1) is 0 Å². The topological polar surface area (TPSA) is 3.24 Å². The van der Waals surface area contributed by atoms with Gasteiger partial charge in [-0.3, -0.25) is 0 Å². The van der Waals surface area contributed by atoms with E-state index in [2.05, 4.69) is 56.9 Å². The normalized spacial score (nSPS) is 10.7. The zero-order valence-electron chi connectivity index (χ0n) is 10.5. The molecule has 0 radical (unpaired) electrons. The molecule has 1 rings (SSSR count). The molecule has 1 aromatic carbocycles. The van der Waals surface area contributed by atoms with E-state index in [0.29, 0.717) is 5.92 Å². The van der Waals surface area contributed by atoms with Gasteiger partial charge in [0.25, 0.3) is 0 Å². The molecule has 0 atom stereocenters. The lowest BCUT2D eigenvalue weighted by molar-refractivity contribution is 0.788. The first kappa shape index (κ1) is 12.1. The second-order valence-corrected chi connectivity index (χ2v) is 4.33. The van der Waals surface area contributed by atoms with Gasteiger partial charge in [0.1, 0.15) is 0 Å². The number of anilines is 1. The lowest BCUT2D eigenvalue weighted by Crippen LogP contribution is -2.23. The third-order valence-corrected chi connectivity index (χ3v) is 2.78. The largest absolute Gasteiger partial charge is 0.372 e. The molecule has 0 aromatic heterocycles. The molecule has 0 amide bonds. The Hall–Kier alpha value is -0.980. The van der Waals surface area contributed by atoms with Gasteiger partial charge >= 0.3 is 0 Å². The first-order valence-electron chi connectivity index (χ1n) is 6.04. The van der Waals surface area contributed by atoms with Crippen LogP contribution in [0.15, 0.2) is 24.3 Å². The van der Waals surface area contributed by atoms with E-state index < -0.39 is 0 Å². The SMILES string of the molecule is CCCN(CC)c1cccc(C(C)C)c1. The molecule has 15 heavy (non-hydrogen) atoms. The van der Waals surface area contributed by atoms with E-state index in [0.717, 1.165) is 13.1 Å². The van der Waals surface area contributed by atoms with E-state index in [4.69, 9.17) is 0 Å². The Morgan fingerprint density at radius 1 is 1.20 bits per heavy atom. The van der Waals surface area contributed by atoms with Crippen LogP contribution in [0, 0.1) is 0 Å². The number of rotatable bonds is 5. The molecule has 0 heterocycles. The smallest absolute Gasteiger partial charge is 0.0368 e. The van der Waals surface area contributed by atoms with Crippen LogP contribution in [-0.4, -0.2) is 13.1 Å². The molecule has 0 aliphatic heterocycles. The zero-order valence-corrected chi connectivity index (χ0v) is 10.5. The molecular weight excluding hydrogens is 182 g/mol. The molecule has 0 spiro atoms. The Bertz CT molecular complexity index is 291. The highest BCUT2D eigenvalue weighted by Crippen LogP contribution is 2.21. The Morgan fingerprint density at radius 3 is 2.47 bits per heavy atom. The minimum absolute atomic E-state index is 0.616. The molecule has 0 saturated heterocycles. The van der Waals surface area contributed by atoms with Crippen molar-refractivity contribution in [3.8, 4) is 0 Å². The van der Waals surface area contributed by atoms with Crippen molar-refractivity contribution >= 4 is 5.69 Å². The molecule has 1 heteroatoms. The molecule has 84 valence electrons. The fraction of sp³-hybridized carbons (Fsp3) is 0.571. The summed E-state index contributed by atoms with van der Waals surface area (Å²) >= 11 is 0. The second-order valence-electron chi connectivity index (χ2n) is 4.33. The first-order valence-corrected chi connectivity index (χ1v) is 6.04. The Labute approximate surface area is 94.1 Å². The summed E-state index contributed by atoms with van der Waals surface area (Å²) in [6.07, 6.45) is 1.21. The van der Waals surface area contributed by atoms with Crippen molar-refractivity contribution in [3.63, 3.8) is 0 Å². The van der Waals surface area contributed by atoms with Crippen LogP contribution in [0.1, 0.15) is 45.6 Å². The lowest BCUT2D eigenvalue weighted by atomic mass is 10.0. The summed E-state index contributed by atoms with van der Waals surface area (Å²) in [6.45, 7) is 11.2. The molecule has 1 aromatic rings. The minimum atomic E-state index is 0.616. The van der Waals surface area contributed by atoms with Crippen molar-refractivity contribution in [1.82, 2.24) is 0 Å². The predicted octanol–water partition coefficient (Wildman–Crippen LogP) is 4.05. The third-order valence-electron chi connectivity index (χ3n) is 2.78. The van der Waals surface area contributed by atoms with Crippen molar-refractivity contribution in [1.29, 1.82) is 0 Å². The fourth-order valence-corrected chi connectivity index (χ4v) is 1.82. The third kappa shape index (κ3) is 3.26. The summed E-state index contributed by atoms with van der Waals surface area (Å²) in [4.78, 5) is 2.44. The molecular formula is C14H23N. The van der Waals surface area contributed by atoms with E-state index in [1.807, 2.05) is 0 Å². The molecule has 0 aliphatic rings. The van der Waals surface area contributed by atoms with Gasteiger partial charge in [0.2, 0.25) is 0 Å². The summed E-state index contributed by atoms with van der Waals surface area (Å²) in [7, 11) is 0. The van der Waals surface area contributed by atoms with Gasteiger partial charge in [-0.15, -0.1) is 0 Å². The molecule has 0 bridgehead atoms. The highest BCUT2D eigenvalue weighted by Gasteiger charge is 2.05. The average molecular weight is 205 g/mol. The van der Waals surface area contributed by atoms with Gasteiger partial charge in [-0.05, 0) is 37.0 Å². The summed E-state index contributed by atoms with van der Waals surface area (Å²) in [5.74, 6) is 0.616. The summed E-state index contributed by atoms with van der Waals surface area (Å²) in [6, 6.07) is 8.92. The predicted molar refractivity (Wildman–Crippen MR) is 68.7 cm³/mol. The van der Waals surface area contributed by atoms with Crippen LogP contribution in [0.25, 0.3) is 0 Å². The molecule has 1 nitrogen and oxygen atoms in total. The first-order chi connectivity index (χ1) is 7.19. The van der Waals surface area contributed by atoms with Gasteiger partial charge < -0.3 is 4.90 Å². The van der Waals surface area contributed by atoms with Crippen LogP contribution in [0.3, 0.4) is 0 Å². The van der Waals surface area contributed by atoms with E-state index in [1.165, 1.54) is 17.7 Å². The second kappa shape index (κ2) is 5.79. The summed E-state index contributed by atoms with van der Waals surface area (Å²) in [5, 5.41) is 0. The fourth-order valence-electron chi connectivity index (χ4n) is 1.82. The quantitative estimate of drug-likeness (QED) is 0.701. The molecule has 0 aliphatic carbocycles.